The van der Waals surface area contributed by atoms with Gasteiger partial charge in [-0.25, -0.2) is 0 Å². The molecule has 0 saturated heterocycles. The van der Waals surface area contributed by atoms with Crippen LogP contribution in [0.25, 0.3) is 0 Å². The molecule has 2 amide bonds. The van der Waals surface area contributed by atoms with Gasteiger partial charge in [-0.3, -0.25) is 14.4 Å². The van der Waals surface area contributed by atoms with E-state index >= 15 is 0 Å². The van der Waals surface area contributed by atoms with E-state index in [1.165, 1.54) is 0 Å². The Bertz CT molecular complexity index is 1040. The summed E-state index contributed by atoms with van der Waals surface area (Å²) in [7, 11) is 0. The Balaban J connectivity index is 1.59. The van der Waals surface area contributed by atoms with Gasteiger partial charge in [-0.2, -0.15) is 0 Å². The number of amides is 2. The molecular weight excluding hydrogens is 416 g/mol. The van der Waals surface area contributed by atoms with Crippen LogP contribution in [-0.4, -0.2) is 24.4 Å². The van der Waals surface area contributed by atoms with E-state index in [1.807, 2.05) is 36.4 Å². The number of carbonyl (C=O) groups is 3. The SMILES string of the molecule is O=C(COC(=O)C[C@H](NC(=O)c1ccccc1)c1ccccc1)Nc1cccc(Cl)c1. The fourth-order valence-electron chi connectivity index (χ4n) is 2.90. The largest absolute Gasteiger partial charge is 0.455 e. The summed E-state index contributed by atoms with van der Waals surface area (Å²) in [6, 6.07) is 23.9. The first kappa shape index (κ1) is 22.1. The summed E-state index contributed by atoms with van der Waals surface area (Å²) in [5.74, 6) is -1.40. The molecule has 0 unspecified atom stereocenters. The highest BCUT2D eigenvalue weighted by atomic mass is 35.5. The van der Waals surface area contributed by atoms with Crippen LogP contribution in [-0.2, 0) is 14.3 Å². The fraction of sp³-hybridized carbons (Fsp3) is 0.125. The maximum absolute atomic E-state index is 12.6. The summed E-state index contributed by atoms with van der Waals surface area (Å²) in [4.78, 5) is 37.0. The average Bonchev–Trinajstić information content (AvgIpc) is 2.78. The van der Waals surface area contributed by atoms with Crippen molar-refractivity contribution in [2.45, 2.75) is 12.5 Å². The van der Waals surface area contributed by atoms with Gasteiger partial charge in [0.2, 0.25) is 0 Å². The minimum absolute atomic E-state index is 0.118. The number of benzene rings is 3. The van der Waals surface area contributed by atoms with E-state index in [4.69, 9.17) is 16.3 Å². The lowest BCUT2D eigenvalue weighted by molar-refractivity contribution is -0.147. The second kappa shape index (κ2) is 10.9. The van der Waals surface area contributed by atoms with Gasteiger partial charge in [0.25, 0.3) is 11.8 Å². The Morgan fingerprint density at radius 2 is 1.55 bits per heavy atom. The first-order valence-electron chi connectivity index (χ1n) is 9.63. The lowest BCUT2D eigenvalue weighted by Gasteiger charge is -2.19. The van der Waals surface area contributed by atoms with Gasteiger partial charge in [-0.05, 0) is 35.9 Å². The molecule has 0 saturated carbocycles. The molecule has 0 bridgehead atoms. The Morgan fingerprint density at radius 3 is 2.23 bits per heavy atom. The first-order chi connectivity index (χ1) is 15.0. The highest BCUT2D eigenvalue weighted by molar-refractivity contribution is 6.30. The summed E-state index contributed by atoms with van der Waals surface area (Å²) < 4.78 is 5.11. The van der Waals surface area contributed by atoms with Crippen LogP contribution in [0.15, 0.2) is 84.9 Å². The molecule has 0 aliphatic heterocycles. The number of hydrogen-bond acceptors (Lipinski definition) is 4. The summed E-state index contributed by atoms with van der Waals surface area (Å²) in [6.07, 6.45) is -0.118. The number of hydrogen-bond donors (Lipinski definition) is 2. The predicted octanol–water partition coefficient (Wildman–Crippen LogP) is 4.38. The summed E-state index contributed by atoms with van der Waals surface area (Å²) in [6.45, 7) is -0.445. The second-order valence-electron chi connectivity index (χ2n) is 6.73. The molecule has 0 radical (unpaired) electrons. The Morgan fingerprint density at radius 1 is 0.871 bits per heavy atom. The smallest absolute Gasteiger partial charge is 0.308 e. The van der Waals surface area contributed by atoms with Gasteiger partial charge in [0.1, 0.15) is 0 Å². The van der Waals surface area contributed by atoms with Crippen LogP contribution >= 0.6 is 11.6 Å². The predicted molar refractivity (Wildman–Crippen MR) is 119 cm³/mol. The molecule has 2 N–H and O–H groups in total. The van der Waals surface area contributed by atoms with E-state index in [-0.39, 0.29) is 12.3 Å². The number of anilines is 1. The van der Waals surface area contributed by atoms with Crippen molar-refractivity contribution in [3.05, 3.63) is 101 Å². The molecule has 6 nitrogen and oxygen atoms in total. The Kier molecular flexibility index (Phi) is 7.79. The second-order valence-corrected chi connectivity index (χ2v) is 7.16. The molecule has 3 aromatic rings. The molecule has 0 aliphatic rings. The lowest BCUT2D eigenvalue weighted by atomic mass is 10.0. The number of rotatable bonds is 8. The van der Waals surface area contributed by atoms with Gasteiger partial charge in [0.05, 0.1) is 12.5 Å². The van der Waals surface area contributed by atoms with Crippen molar-refractivity contribution < 1.29 is 19.1 Å². The van der Waals surface area contributed by atoms with Crippen molar-refractivity contribution in [1.29, 1.82) is 0 Å². The number of ether oxygens (including phenoxy) is 1. The van der Waals surface area contributed by atoms with E-state index in [0.717, 1.165) is 5.56 Å². The Hall–Kier alpha value is -3.64. The van der Waals surface area contributed by atoms with E-state index in [0.29, 0.717) is 16.3 Å². The average molecular weight is 437 g/mol. The van der Waals surface area contributed by atoms with E-state index in [2.05, 4.69) is 10.6 Å². The zero-order valence-electron chi connectivity index (χ0n) is 16.6. The van der Waals surface area contributed by atoms with Crippen LogP contribution in [0.1, 0.15) is 28.4 Å². The van der Waals surface area contributed by atoms with Crippen molar-refractivity contribution in [1.82, 2.24) is 5.32 Å². The van der Waals surface area contributed by atoms with E-state index < -0.39 is 24.5 Å². The van der Waals surface area contributed by atoms with Crippen LogP contribution in [0.3, 0.4) is 0 Å². The molecule has 3 rings (SSSR count). The molecule has 0 aromatic heterocycles. The molecular formula is C24H21ClN2O4. The van der Waals surface area contributed by atoms with Crippen molar-refractivity contribution in [3.8, 4) is 0 Å². The third kappa shape index (κ3) is 6.97. The maximum Gasteiger partial charge on any atom is 0.308 e. The van der Waals surface area contributed by atoms with E-state index in [1.54, 1.807) is 48.5 Å². The normalized spacial score (nSPS) is 11.3. The molecule has 7 heteroatoms. The zero-order valence-corrected chi connectivity index (χ0v) is 17.3. The first-order valence-corrected chi connectivity index (χ1v) is 10.0. The number of carbonyl (C=O) groups excluding carboxylic acids is 3. The third-order valence-electron chi connectivity index (χ3n) is 4.39. The van der Waals surface area contributed by atoms with Crippen molar-refractivity contribution in [2.75, 3.05) is 11.9 Å². The molecule has 0 heterocycles. The number of halogens is 1. The highest BCUT2D eigenvalue weighted by Gasteiger charge is 2.20. The number of esters is 1. The topological polar surface area (TPSA) is 84.5 Å². The molecule has 31 heavy (non-hydrogen) atoms. The maximum atomic E-state index is 12.6. The monoisotopic (exact) mass is 436 g/mol. The van der Waals surface area contributed by atoms with Crippen LogP contribution in [0.5, 0.6) is 0 Å². The summed E-state index contributed by atoms with van der Waals surface area (Å²) in [5.41, 5.74) is 1.75. The van der Waals surface area contributed by atoms with Gasteiger partial charge < -0.3 is 15.4 Å². The molecule has 0 fully saturated rings. The quantitative estimate of drug-likeness (QED) is 0.513. The molecule has 3 aromatic carbocycles. The van der Waals surface area contributed by atoms with Crippen LogP contribution in [0.4, 0.5) is 5.69 Å². The minimum Gasteiger partial charge on any atom is -0.455 e. The Labute approximate surface area is 185 Å². The lowest BCUT2D eigenvalue weighted by Crippen LogP contribution is -2.31. The molecule has 0 spiro atoms. The van der Waals surface area contributed by atoms with Crippen LogP contribution in [0, 0.1) is 0 Å². The van der Waals surface area contributed by atoms with Crippen molar-refractivity contribution in [3.63, 3.8) is 0 Å². The van der Waals surface area contributed by atoms with E-state index in [9.17, 15) is 14.4 Å². The van der Waals surface area contributed by atoms with Crippen LogP contribution < -0.4 is 10.6 Å². The molecule has 0 aliphatic carbocycles. The minimum atomic E-state index is -0.608. The standard InChI is InChI=1S/C24H21ClN2O4/c25-19-12-7-13-20(14-19)26-22(28)16-31-23(29)15-21(17-8-3-1-4-9-17)27-24(30)18-10-5-2-6-11-18/h1-14,21H,15-16H2,(H,26,28)(H,27,30)/t21-/m0/s1. The number of nitrogens with one attached hydrogen (secondary N) is 2. The van der Waals surface area contributed by atoms with Gasteiger partial charge in [0, 0.05) is 16.3 Å². The molecule has 158 valence electrons. The molecule has 1 atom stereocenters. The van der Waals surface area contributed by atoms with Gasteiger partial charge in [-0.1, -0.05) is 66.2 Å². The van der Waals surface area contributed by atoms with Gasteiger partial charge in [0.15, 0.2) is 6.61 Å². The summed E-state index contributed by atoms with van der Waals surface area (Å²) >= 11 is 5.89. The van der Waals surface area contributed by atoms with Crippen molar-refractivity contribution >= 4 is 35.1 Å². The zero-order chi connectivity index (χ0) is 22.1. The summed E-state index contributed by atoms with van der Waals surface area (Å²) in [5, 5.41) is 5.95. The van der Waals surface area contributed by atoms with Crippen molar-refractivity contribution in [2.24, 2.45) is 0 Å². The van der Waals surface area contributed by atoms with Gasteiger partial charge in [-0.15, -0.1) is 0 Å². The van der Waals surface area contributed by atoms with Gasteiger partial charge >= 0.3 is 5.97 Å². The van der Waals surface area contributed by atoms with Crippen LogP contribution in [0.2, 0.25) is 5.02 Å². The highest BCUT2D eigenvalue weighted by Crippen LogP contribution is 2.19. The fourth-order valence-corrected chi connectivity index (χ4v) is 3.09. The third-order valence-corrected chi connectivity index (χ3v) is 4.62.